The Morgan fingerprint density at radius 1 is 0.735 bits per heavy atom. The summed E-state index contributed by atoms with van der Waals surface area (Å²) < 4.78 is 10.8. The Labute approximate surface area is 221 Å². The van der Waals surface area contributed by atoms with E-state index in [1.54, 1.807) is 21.1 Å². The zero-order valence-electron chi connectivity index (χ0n) is 21.9. The van der Waals surface area contributed by atoms with Gasteiger partial charge in [-0.05, 0) is 0 Å². The van der Waals surface area contributed by atoms with E-state index in [1.165, 1.54) is 29.7 Å². The summed E-state index contributed by atoms with van der Waals surface area (Å²) in [5, 5.41) is 0. The molecule has 0 radical (unpaired) electrons. The third-order valence-corrected chi connectivity index (χ3v) is 11.6. The number of hydrogen-bond donors (Lipinski definition) is 2. The fourth-order valence-corrected chi connectivity index (χ4v) is 9.29. The van der Waals surface area contributed by atoms with Crippen LogP contribution in [0.5, 0.6) is 0 Å². The Balaban J connectivity index is 0.000000196. The monoisotopic (exact) mass is 636 g/mol. The average Bonchev–Trinajstić information content (AvgIpc) is 3.63. The zero-order chi connectivity index (χ0) is 24.8. The van der Waals surface area contributed by atoms with E-state index in [4.69, 9.17) is 0 Å². The van der Waals surface area contributed by atoms with Crippen LogP contribution in [0.15, 0.2) is 36.7 Å². The normalized spacial score (nSPS) is 11.3. The van der Waals surface area contributed by atoms with Crippen molar-refractivity contribution in [1.82, 2.24) is 19.1 Å². The topological polar surface area (TPSA) is 41.4 Å². The van der Waals surface area contributed by atoms with Gasteiger partial charge in [0.15, 0.2) is 0 Å². The summed E-state index contributed by atoms with van der Waals surface area (Å²) in [7, 11) is 2.17. The molecule has 4 heterocycles. The number of H-pyrrole nitrogens is 2. The van der Waals surface area contributed by atoms with Crippen LogP contribution in [0.4, 0.5) is 0 Å². The number of nitrogens with zero attached hydrogens (tertiary/aromatic N) is 2. The first-order valence-corrected chi connectivity index (χ1v) is 15.7. The molecule has 0 aliphatic heterocycles. The fraction of sp³-hybridized carbons (Fsp3) is 0.429. The van der Waals surface area contributed by atoms with Gasteiger partial charge in [0.05, 0.1) is 0 Å². The van der Waals surface area contributed by atoms with Crippen LogP contribution < -0.4 is 17.2 Å². The molecule has 0 unspecified atom stereocenters. The summed E-state index contributed by atoms with van der Waals surface area (Å²) in [5.41, 5.74) is 9.09. The van der Waals surface area contributed by atoms with Crippen molar-refractivity contribution in [1.29, 1.82) is 0 Å². The Bertz CT molecular complexity index is 1120. The van der Waals surface area contributed by atoms with Crippen molar-refractivity contribution in [3.05, 3.63) is 70.3 Å². The molecule has 0 saturated heterocycles. The molecule has 4 rings (SSSR count). The fourth-order valence-electron chi connectivity index (χ4n) is 4.43. The third-order valence-electron chi connectivity index (χ3n) is 6.53. The Morgan fingerprint density at radius 2 is 1.29 bits per heavy atom. The molecular weight excluding hydrogens is 594 g/mol. The summed E-state index contributed by atoms with van der Waals surface area (Å²) >= 11 is 0.239. The molecule has 34 heavy (non-hydrogen) atoms. The van der Waals surface area contributed by atoms with Crippen molar-refractivity contribution < 1.29 is 34.3 Å². The van der Waals surface area contributed by atoms with Gasteiger partial charge >= 0.3 is 222 Å². The van der Waals surface area contributed by atoms with Gasteiger partial charge in [-0.3, -0.25) is 0 Å². The Hall–Kier alpha value is -1.63. The standard InChI is InChI=1S/C12H20N.C8H12N.2C4H4N.2Ru/c1-5-10-9-13(8-4)12(7-3)11(10)6-2;1-6-5-9(4)8(3)7(6)2;2*1-2-4-5-3-1;;/h5-8H2,1-4H3;1-4H3;2*1-3,5H;;. The van der Waals surface area contributed by atoms with Crippen molar-refractivity contribution in [2.45, 2.75) is 74.3 Å². The van der Waals surface area contributed by atoms with Crippen LogP contribution in [0.1, 0.15) is 61.3 Å². The number of nitrogens with one attached hydrogen (secondary N) is 2. The third kappa shape index (κ3) is 5.60. The van der Waals surface area contributed by atoms with Crippen LogP contribution in [-0.4, -0.2) is 19.1 Å². The molecule has 2 N–H and O–H groups in total. The molecular formula is C28H40N4Ru2. The maximum absolute atomic E-state index is 3.38. The van der Waals surface area contributed by atoms with E-state index in [9.17, 15) is 0 Å². The summed E-state index contributed by atoms with van der Waals surface area (Å²) in [4.78, 5) is 6.68. The van der Waals surface area contributed by atoms with Gasteiger partial charge < -0.3 is 0 Å². The molecule has 0 fully saturated rings. The quantitative estimate of drug-likeness (QED) is 0.277. The molecule has 0 spiro atoms. The predicted octanol–water partition coefficient (Wildman–Crippen LogP) is 3.87. The van der Waals surface area contributed by atoms with E-state index < -0.39 is 0 Å². The summed E-state index contributed by atoms with van der Waals surface area (Å²) in [6.45, 7) is 16.9. The summed E-state index contributed by atoms with van der Waals surface area (Å²) in [6.07, 6.45) is 7.51. The second kappa shape index (κ2) is 12.4. The molecule has 0 amide bonds. The van der Waals surface area contributed by atoms with Crippen LogP contribution in [-0.2, 0) is 67.1 Å². The molecule has 4 aromatic rings. The molecule has 0 aromatic carbocycles. The SMILES string of the molecule is CCc1c(CC)[c]([Ru][c]2ccc[nH]2)n(CC)c1CC.Cc1c(C)[c]([Ru][c]2ccc[nH]2)n(C)c1C. The van der Waals surface area contributed by atoms with Gasteiger partial charge in [0.1, 0.15) is 0 Å². The van der Waals surface area contributed by atoms with Crippen LogP contribution in [0.3, 0.4) is 0 Å². The van der Waals surface area contributed by atoms with Crippen molar-refractivity contribution in [2.75, 3.05) is 0 Å². The van der Waals surface area contributed by atoms with Crippen LogP contribution in [0, 0.1) is 20.8 Å². The van der Waals surface area contributed by atoms with E-state index in [1.807, 2.05) is 12.4 Å². The van der Waals surface area contributed by atoms with Crippen LogP contribution in [0.25, 0.3) is 0 Å². The van der Waals surface area contributed by atoms with Crippen molar-refractivity contribution >= 4 is 17.2 Å². The van der Waals surface area contributed by atoms with Gasteiger partial charge in [0, 0.05) is 0 Å². The number of aromatic nitrogens is 4. The van der Waals surface area contributed by atoms with Gasteiger partial charge in [0.2, 0.25) is 0 Å². The predicted molar refractivity (Wildman–Crippen MR) is 138 cm³/mol. The summed E-state index contributed by atoms with van der Waals surface area (Å²) in [6, 6.07) is 8.58. The van der Waals surface area contributed by atoms with Crippen LogP contribution in [0.2, 0.25) is 0 Å². The van der Waals surface area contributed by atoms with E-state index in [0.717, 1.165) is 25.8 Å². The van der Waals surface area contributed by atoms with Crippen molar-refractivity contribution in [3.63, 3.8) is 0 Å². The number of rotatable bonds is 8. The first-order valence-electron chi connectivity index (χ1n) is 12.2. The first kappa shape index (κ1) is 27.0. The van der Waals surface area contributed by atoms with Gasteiger partial charge in [-0.2, -0.15) is 0 Å². The first-order chi connectivity index (χ1) is 16.4. The maximum atomic E-state index is 3.38. The van der Waals surface area contributed by atoms with Gasteiger partial charge in [0.25, 0.3) is 0 Å². The van der Waals surface area contributed by atoms with Gasteiger partial charge in [-0.25, -0.2) is 0 Å². The molecule has 0 bridgehead atoms. The molecule has 0 atom stereocenters. The Kier molecular flexibility index (Phi) is 9.81. The average molecular weight is 635 g/mol. The molecule has 0 aliphatic carbocycles. The molecule has 4 aromatic heterocycles. The minimum atomic E-state index is 0.112. The van der Waals surface area contributed by atoms with Gasteiger partial charge in [-0.1, -0.05) is 0 Å². The Morgan fingerprint density at radius 3 is 1.68 bits per heavy atom. The molecule has 188 valence electrons. The number of hydrogen-bond acceptors (Lipinski definition) is 0. The second-order valence-corrected chi connectivity index (χ2v) is 12.7. The van der Waals surface area contributed by atoms with Crippen LogP contribution >= 0.6 is 0 Å². The second-order valence-electron chi connectivity index (χ2n) is 8.35. The van der Waals surface area contributed by atoms with Gasteiger partial charge in [-0.15, -0.1) is 0 Å². The van der Waals surface area contributed by atoms with E-state index in [0.29, 0.717) is 0 Å². The van der Waals surface area contributed by atoms with Crippen molar-refractivity contribution in [3.8, 4) is 0 Å². The molecule has 0 aliphatic rings. The molecule has 4 nitrogen and oxygen atoms in total. The van der Waals surface area contributed by atoms with E-state index in [2.05, 4.69) is 98.9 Å². The molecule has 6 heteroatoms. The molecule has 0 saturated carbocycles. The summed E-state index contributed by atoms with van der Waals surface area (Å²) in [5.74, 6) is 0. The minimum absolute atomic E-state index is 0.112. The zero-order valence-corrected chi connectivity index (χ0v) is 25.4. The van der Waals surface area contributed by atoms with Crippen molar-refractivity contribution in [2.24, 2.45) is 7.05 Å². The van der Waals surface area contributed by atoms with E-state index in [-0.39, 0.29) is 34.3 Å². The van der Waals surface area contributed by atoms with E-state index >= 15 is 0 Å². The number of aromatic amines is 2.